The highest BCUT2D eigenvalue weighted by Gasteiger charge is 2.25. The van der Waals surface area contributed by atoms with Crippen molar-refractivity contribution in [3.05, 3.63) is 30.5 Å². The number of anilines is 1. The third kappa shape index (κ3) is 3.14. The van der Waals surface area contributed by atoms with Crippen molar-refractivity contribution < 1.29 is 5.11 Å². The van der Waals surface area contributed by atoms with E-state index in [4.69, 9.17) is 4.98 Å². The van der Waals surface area contributed by atoms with Crippen LogP contribution in [0.25, 0.3) is 11.0 Å². The van der Waals surface area contributed by atoms with Gasteiger partial charge in [-0.15, -0.1) is 0 Å². The van der Waals surface area contributed by atoms with Gasteiger partial charge >= 0.3 is 0 Å². The molecule has 3 rings (SSSR count). The number of piperazine rings is 1. The standard InChI is InChI=1S/C16H22N4O/c1-12-10-19(11-13(2)21)7-8-20(12)16-9-17-14-5-3-4-6-15(14)18-16/h3-6,9,12-13,21H,7-8,10-11H2,1-2H3/t12-,13+/m0/s1. The van der Waals surface area contributed by atoms with Gasteiger partial charge in [-0.2, -0.15) is 0 Å². The fourth-order valence-corrected chi connectivity index (χ4v) is 3.00. The Morgan fingerprint density at radius 1 is 1.29 bits per heavy atom. The zero-order valence-electron chi connectivity index (χ0n) is 12.6. The van der Waals surface area contributed by atoms with Crippen molar-refractivity contribution in [2.45, 2.75) is 26.0 Å². The number of β-amino-alcohol motifs (C(OH)–C–C–N with tert-alkyl or cyclic N) is 1. The van der Waals surface area contributed by atoms with Crippen LogP contribution >= 0.6 is 0 Å². The Bertz CT molecular complexity index is 616. The topological polar surface area (TPSA) is 52.5 Å². The van der Waals surface area contributed by atoms with Crippen LogP contribution in [0, 0.1) is 0 Å². The quantitative estimate of drug-likeness (QED) is 0.927. The van der Waals surface area contributed by atoms with Gasteiger partial charge in [0.05, 0.1) is 23.3 Å². The molecule has 5 heteroatoms. The number of aliphatic hydroxyl groups is 1. The van der Waals surface area contributed by atoms with E-state index in [9.17, 15) is 5.11 Å². The summed E-state index contributed by atoms with van der Waals surface area (Å²) < 4.78 is 0. The number of hydrogen-bond donors (Lipinski definition) is 1. The molecule has 1 saturated heterocycles. The van der Waals surface area contributed by atoms with Crippen molar-refractivity contribution >= 4 is 16.9 Å². The molecule has 0 bridgehead atoms. The first-order valence-electron chi connectivity index (χ1n) is 7.52. The molecular weight excluding hydrogens is 264 g/mol. The van der Waals surface area contributed by atoms with Gasteiger partial charge < -0.3 is 10.0 Å². The van der Waals surface area contributed by atoms with Gasteiger partial charge in [0.1, 0.15) is 5.82 Å². The van der Waals surface area contributed by atoms with Crippen molar-refractivity contribution in [2.24, 2.45) is 0 Å². The molecule has 1 aliphatic heterocycles. The van der Waals surface area contributed by atoms with Crippen molar-refractivity contribution in [1.29, 1.82) is 0 Å². The first kappa shape index (κ1) is 14.2. The first-order chi connectivity index (χ1) is 10.1. The summed E-state index contributed by atoms with van der Waals surface area (Å²) in [6.45, 7) is 7.59. The lowest BCUT2D eigenvalue weighted by atomic mass is 10.2. The van der Waals surface area contributed by atoms with Crippen molar-refractivity contribution in [3.8, 4) is 0 Å². The SMILES string of the molecule is C[C@@H](O)CN1CCN(c2cnc3ccccc3n2)[C@@H](C)C1. The summed E-state index contributed by atoms with van der Waals surface area (Å²) in [4.78, 5) is 13.8. The van der Waals surface area contributed by atoms with Gasteiger partial charge in [-0.3, -0.25) is 9.88 Å². The molecule has 1 aromatic heterocycles. The van der Waals surface area contributed by atoms with Gasteiger partial charge in [0.2, 0.25) is 0 Å². The molecule has 0 radical (unpaired) electrons. The van der Waals surface area contributed by atoms with Gasteiger partial charge in [0, 0.05) is 32.2 Å². The minimum atomic E-state index is -0.274. The molecule has 0 spiro atoms. The summed E-state index contributed by atoms with van der Waals surface area (Å²) in [5.41, 5.74) is 1.87. The molecule has 0 saturated carbocycles. The minimum absolute atomic E-state index is 0.274. The van der Waals surface area contributed by atoms with Crippen LogP contribution < -0.4 is 4.90 Å². The summed E-state index contributed by atoms with van der Waals surface area (Å²) in [5.74, 6) is 0.942. The molecule has 2 aromatic rings. The van der Waals surface area contributed by atoms with Crippen LogP contribution in [0.5, 0.6) is 0 Å². The molecule has 2 heterocycles. The maximum atomic E-state index is 9.51. The number of fused-ring (bicyclic) bond motifs is 1. The Morgan fingerprint density at radius 3 is 2.76 bits per heavy atom. The maximum absolute atomic E-state index is 9.51. The molecule has 1 fully saturated rings. The third-order valence-electron chi connectivity index (χ3n) is 3.96. The van der Waals surface area contributed by atoms with Crippen LogP contribution in [0.2, 0.25) is 0 Å². The lowest BCUT2D eigenvalue weighted by Gasteiger charge is -2.40. The van der Waals surface area contributed by atoms with E-state index >= 15 is 0 Å². The molecule has 5 nitrogen and oxygen atoms in total. The van der Waals surface area contributed by atoms with Gasteiger partial charge in [0.15, 0.2) is 0 Å². The highest BCUT2D eigenvalue weighted by Crippen LogP contribution is 2.20. The molecule has 2 atom stereocenters. The smallest absolute Gasteiger partial charge is 0.148 e. The van der Waals surface area contributed by atoms with Crippen molar-refractivity contribution in [3.63, 3.8) is 0 Å². The largest absolute Gasteiger partial charge is 0.392 e. The van der Waals surface area contributed by atoms with Crippen LogP contribution in [0.15, 0.2) is 30.5 Å². The van der Waals surface area contributed by atoms with Crippen LogP contribution in [0.1, 0.15) is 13.8 Å². The number of para-hydroxylation sites is 2. The Balaban J connectivity index is 1.77. The Morgan fingerprint density at radius 2 is 2.05 bits per heavy atom. The average Bonchev–Trinajstić information content (AvgIpc) is 2.46. The molecule has 0 unspecified atom stereocenters. The number of hydrogen-bond acceptors (Lipinski definition) is 5. The zero-order chi connectivity index (χ0) is 14.8. The van der Waals surface area contributed by atoms with Crippen molar-refractivity contribution in [1.82, 2.24) is 14.9 Å². The summed E-state index contributed by atoms with van der Waals surface area (Å²) in [6.07, 6.45) is 1.59. The maximum Gasteiger partial charge on any atom is 0.148 e. The summed E-state index contributed by atoms with van der Waals surface area (Å²) >= 11 is 0. The van der Waals surface area contributed by atoms with Crippen LogP contribution in [0.4, 0.5) is 5.82 Å². The van der Waals surface area contributed by atoms with E-state index in [1.54, 1.807) is 0 Å². The fourth-order valence-electron chi connectivity index (χ4n) is 3.00. The van der Waals surface area contributed by atoms with E-state index in [-0.39, 0.29) is 6.10 Å². The van der Waals surface area contributed by atoms with E-state index in [0.29, 0.717) is 6.04 Å². The molecule has 112 valence electrons. The Kier molecular flexibility index (Phi) is 4.03. The molecule has 1 aliphatic rings. The second-order valence-corrected chi connectivity index (χ2v) is 5.87. The average molecular weight is 286 g/mol. The van der Waals surface area contributed by atoms with E-state index in [0.717, 1.165) is 43.0 Å². The second kappa shape index (κ2) is 5.95. The molecule has 1 aromatic carbocycles. The molecule has 21 heavy (non-hydrogen) atoms. The van der Waals surface area contributed by atoms with E-state index in [1.165, 1.54) is 0 Å². The number of nitrogens with zero attached hydrogens (tertiary/aromatic N) is 4. The zero-order valence-corrected chi connectivity index (χ0v) is 12.6. The van der Waals surface area contributed by atoms with Crippen LogP contribution in [-0.2, 0) is 0 Å². The van der Waals surface area contributed by atoms with E-state index < -0.39 is 0 Å². The van der Waals surface area contributed by atoms with Gasteiger partial charge in [-0.1, -0.05) is 12.1 Å². The predicted molar refractivity (Wildman–Crippen MR) is 84.5 cm³/mol. The van der Waals surface area contributed by atoms with Gasteiger partial charge in [-0.25, -0.2) is 4.98 Å². The summed E-state index contributed by atoms with van der Waals surface area (Å²) in [5, 5.41) is 9.51. The summed E-state index contributed by atoms with van der Waals surface area (Å²) in [6, 6.07) is 8.32. The fraction of sp³-hybridized carbons (Fsp3) is 0.500. The van der Waals surface area contributed by atoms with Crippen molar-refractivity contribution in [2.75, 3.05) is 31.1 Å². The normalized spacial score (nSPS) is 21.7. The Hall–Kier alpha value is -1.72. The van der Waals surface area contributed by atoms with Crippen LogP contribution in [-0.4, -0.2) is 58.3 Å². The molecule has 0 amide bonds. The highest BCUT2D eigenvalue weighted by atomic mass is 16.3. The number of rotatable bonds is 3. The second-order valence-electron chi connectivity index (χ2n) is 5.87. The van der Waals surface area contributed by atoms with E-state index in [1.807, 2.05) is 37.4 Å². The molecule has 1 N–H and O–H groups in total. The molecular formula is C16H22N4O. The lowest BCUT2D eigenvalue weighted by Crippen LogP contribution is -2.53. The third-order valence-corrected chi connectivity index (χ3v) is 3.96. The monoisotopic (exact) mass is 286 g/mol. The lowest BCUT2D eigenvalue weighted by molar-refractivity contribution is 0.114. The number of benzene rings is 1. The minimum Gasteiger partial charge on any atom is -0.392 e. The molecule has 0 aliphatic carbocycles. The Labute approximate surface area is 125 Å². The number of aromatic nitrogens is 2. The van der Waals surface area contributed by atoms with Crippen LogP contribution in [0.3, 0.4) is 0 Å². The van der Waals surface area contributed by atoms with Gasteiger partial charge in [-0.05, 0) is 26.0 Å². The van der Waals surface area contributed by atoms with E-state index in [2.05, 4.69) is 21.7 Å². The first-order valence-corrected chi connectivity index (χ1v) is 7.52. The number of aliphatic hydroxyl groups excluding tert-OH is 1. The van der Waals surface area contributed by atoms with Gasteiger partial charge in [0.25, 0.3) is 0 Å². The highest BCUT2D eigenvalue weighted by molar-refractivity contribution is 5.75. The predicted octanol–water partition coefficient (Wildman–Crippen LogP) is 1.52. The summed E-state index contributed by atoms with van der Waals surface area (Å²) in [7, 11) is 0.